The molecule has 2 aliphatic heterocycles. The number of aliphatic hydroxyl groups is 4. The Morgan fingerprint density at radius 1 is 0.933 bits per heavy atom. The Hall–Kier alpha value is -2.95. The van der Waals surface area contributed by atoms with Crippen molar-refractivity contribution in [2.24, 2.45) is 0 Å². The van der Waals surface area contributed by atoms with Crippen LogP contribution in [0.15, 0.2) is 36.4 Å². The summed E-state index contributed by atoms with van der Waals surface area (Å²) in [5.74, 6) is -1.03. The fraction of sp³-hybridized carbons (Fsp3) is 0.286. The molecule has 2 heterocycles. The van der Waals surface area contributed by atoms with Crippen LogP contribution in [-0.4, -0.2) is 67.6 Å². The van der Waals surface area contributed by atoms with Gasteiger partial charge in [0.25, 0.3) is 0 Å². The molecule has 0 aromatic heterocycles. The number of fused-ring (bicyclic) bond motifs is 1. The summed E-state index contributed by atoms with van der Waals surface area (Å²) in [5, 5.41) is 59.7. The van der Waals surface area contributed by atoms with E-state index >= 15 is 0 Å². The molecule has 5 atom stereocenters. The molecular formula is C21H20O9. The van der Waals surface area contributed by atoms with Crippen LogP contribution in [-0.2, 0) is 9.53 Å². The van der Waals surface area contributed by atoms with Crippen LogP contribution in [0.1, 0.15) is 22.8 Å². The van der Waals surface area contributed by atoms with Gasteiger partial charge in [0.15, 0.2) is 0 Å². The van der Waals surface area contributed by atoms with E-state index in [1.807, 2.05) is 0 Å². The predicted molar refractivity (Wildman–Crippen MR) is 102 cm³/mol. The summed E-state index contributed by atoms with van der Waals surface area (Å²) >= 11 is 0. The van der Waals surface area contributed by atoms with Crippen LogP contribution in [0.2, 0.25) is 0 Å². The number of benzene rings is 2. The first kappa shape index (κ1) is 20.3. The lowest BCUT2D eigenvalue weighted by molar-refractivity contribution is -0.232. The molecule has 0 spiro atoms. The molecule has 2 aromatic rings. The van der Waals surface area contributed by atoms with E-state index in [2.05, 4.69) is 0 Å². The van der Waals surface area contributed by atoms with Gasteiger partial charge in [-0.15, -0.1) is 0 Å². The first-order valence-corrected chi connectivity index (χ1v) is 9.21. The third-order valence-corrected chi connectivity index (χ3v) is 5.26. The Kier molecular flexibility index (Phi) is 5.22. The van der Waals surface area contributed by atoms with Crippen molar-refractivity contribution in [3.05, 3.63) is 53.1 Å². The van der Waals surface area contributed by atoms with Gasteiger partial charge in [-0.05, 0) is 35.9 Å². The molecule has 0 amide bonds. The molecule has 158 valence electrons. The number of ether oxygens (including phenoxy) is 2. The minimum Gasteiger partial charge on any atom is -0.508 e. The molecule has 2 aromatic carbocycles. The van der Waals surface area contributed by atoms with Gasteiger partial charge in [-0.3, -0.25) is 0 Å². The highest BCUT2D eigenvalue weighted by molar-refractivity contribution is 6.26. The van der Waals surface area contributed by atoms with E-state index in [4.69, 9.17) is 9.47 Å². The maximum Gasteiger partial charge on any atom is 0.344 e. The SMILES string of the molecule is O=C1Oc2c(ccc(O)c2[C@@H]2O[C@H](CO)[C@@H](O)[C@H](O)[C@H]2O)/C1=C/c1ccc(O)cc1. The summed E-state index contributed by atoms with van der Waals surface area (Å²) in [5.41, 5.74) is 1.06. The summed E-state index contributed by atoms with van der Waals surface area (Å²) in [4.78, 5) is 12.5. The monoisotopic (exact) mass is 416 g/mol. The van der Waals surface area contributed by atoms with E-state index < -0.39 is 43.1 Å². The Morgan fingerprint density at radius 2 is 1.63 bits per heavy atom. The quantitative estimate of drug-likeness (QED) is 0.231. The van der Waals surface area contributed by atoms with Crippen molar-refractivity contribution < 1.29 is 44.9 Å². The molecule has 30 heavy (non-hydrogen) atoms. The number of phenolic OH excluding ortho intramolecular Hbond substituents is 2. The molecule has 1 fully saturated rings. The first-order chi connectivity index (χ1) is 14.3. The number of rotatable bonds is 3. The molecule has 1 saturated heterocycles. The number of aliphatic hydroxyl groups excluding tert-OH is 4. The molecule has 0 unspecified atom stereocenters. The van der Waals surface area contributed by atoms with E-state index in [-0.39, 0.29) is 28.4 Å². The van der Waals surface area contributed by atoms with Gasteiger partial charge in [-0.25, -0.2) is 4.79 Å². The second kappa shape index (κ2) is 7.71. The lowest BCUT2D eigenvalue weighted by atomic mass is 9.89. The third-order valence-electron chi connectivity index (χ3n) is 5.26. The molecule has 0 radical (unpaired) electrons. The molecule has 2 aliphatic rings. The Balaban J connectivity index is 1.79. The number of hydrogen-bond acceptors (Lipinski definition) is 9. The first-order valence-electron chi connectivity index (χ1n) is 9.21. The standard InChI is InChI=1S/C21H20O9/c22-8-14-16(25)17(26)18(27)20(29-14)15-13(24)6-5-11-12(21(28)30-19(11)15)7-9-1-3-10(23)4-2-9/h1-7,14,16-18,20,22-27H,8H2/b12-7-/t14-,16-,17+,18-,20+/m1/s1. The molecule has 6 N–H and O–H groups in total. The minimum absolute atomic E-state index is 0.0469. The van der Waals surface area contributed by atoms with Crippen molar-refractivity contribution in [3.8, 4) is 17.2 Å². The smallest absolute Gasteiger partial charge is 0.344 e. The van der Waals surface area contributed by atoms with E-state index in [0.717, 1.165) is 0 Å². The molecule has 0 aliphatic carbocycles. The number of hydrogen-bond donors (Lipinski definition) is 6. The van der Waals surface area contributed by atoms with Crippen LogP contribution in [0, 0.1) is 0 Å². The second-order valence-electron chi connectivity index (χ2n) is 7.16. The van der Waals surface area contributed by atoms with Gasteiger partial charge >= 0.3 is 5.97 Å². The summed E-state index contributed by atoms with van der Waals surface area (Å²) in [6.07, 6.45) is -5.87. The zero-order valence-corrected chi connectivity index (χ0v) is 15.5. The van der Waals surface area contributed by atoms with Gasteiger partial charge in [0.1, 0.15) is 47.8 Å². The summed E-state index contributed by atoms with van der Waals surface area (Å²) in [6, 6.07) is 8.89. The number of phenols is 2. The van der Waals surface area contributed by atoms with E-state index in [1.165, 1.54) is 24.3 Å². The van der Waals surface area contributed by atoms with Crippen molar-refractivity contribution >= 4 is 17.6 Å². The summed E-state index contributed by atoms with van der Waals surface area (Å²) in [6.45, 7) is -0.636. The summed E-state index contributed by atoms with van der Waals surface area (Å²) < 4.78 is 10.9. The van der Waals surface area contributed by atoms with Crippen LogP contribution >= 0.6 is 0 Å². The van der Waals surface area contributed by atoms with E-state index in [1.54, 1.807) is 18.2 Å². The summed E-state index contributed by atoms with van der Waals surface area (Å²) in [7, 11) is 0. The van der Waals surface area contributed by atoms with Crippen molar-refractivity contribution in [2.75, 3.05) is 6.61 Å². The van der Waals surface area contributed by atoms with Crippen molar-refractivity contribution in [1.82, 2.24) is 0 Å². The molecule has 4 rings (SSSR count). The molecule has 9 heteroatoms. The number of aromatic hydroxyl groups is 2. The highest BCUT2D eigenvalue weighted by atomic mass is 16.6. The third kappa shape index (κ3) is 3.32. The van der Waals surface area contributed by atoms with Crippen molar-refractivity contribution in [2.45, 2.75) is 30.5 Å². The Bertz CT molecular complexity index is 996. The average molecular weight is 416 g/mol. The maximum atomic E-state index is 12.5. The van der Waals surface area contributed by atoms with Crippen LogP contribution in [0.4, 0.5) is 0 Å². The topological polar surface area (TPSA) is 157 Å². The lowest BCUT2D eigenvalue weighted by Crippen LogP contribution is -2.55. The molecule has 0 saturated carbocycles. The number of esters is 1. The van der Waals surface area contributed by atoms with Gasteiger partial charge in [-0.2, -0.15) is 0 Å². The van der Waals surface area contributed by atoms with E-state index in [0.29, 0.717) is 11.1 Å². The second-order valence-corrected chi connectivity index (χ2v) is 7.16. The van der Waals surface area contributed by atoms with Gasteiger partial charge < -0.3 is 40.1 Å². The minimum atomic E-state index is -1.65. The fourth-order valence-corrected chi connectivity index (χ4v) is 3.66. The largest absolute Gasteiger partial charge is 0.508 e. The van der Waals surface area contributed by atoms with Crippen LogP contribution in [0.25, 0.3) is 11.6 Å². The predicted octanol–water partition coefficient (Wildman–Crippen LogP) is 0.0723. The number of carbonyl (C=O) groups is 1. The van der Waals surface area contributed by atoms with Crippen molar-refractivity contribution in [3.63, 3.8) is 0 Å². The molecule has 0 bridgehead atoms. The lowest BCUT2D eigenvalue weighted by Gasteiger charge is -2.40. The molecular weight excluding hydrogens is 396 g/mol. The van der Waals surface area contributed by atoms with Gasteiger partial charge in [0, 0.05) is 5.56 Å². The van der Waals surface area contributed by atoms with Crippen LogP contribution in [0.3, 0.4) is 0 Å². The zero-order valence-electron chi connectivity index (χ0n) is 15.5. The van der Waals surface area contributed by atoms with Gasteiger partial charge in [0.2, 0.25) is 0 Å². The highest BCUT2D eigenvalue weighted by Gasteiger charge is 2.47. The average Bonchev–Trinajstić information content (AvgIpc) is 3.04. The highest BCUT2D eigenvalue weighted by Crippen LogP contribution is 2.48. The number of carbonyl (C=O) groups excluding carboxylic acids is 1. The maximum absolute atomic E-state index is 12.5. The Labute approximate surface area is 170 Å². The zero-order chi connectivity index (χ0) is 21.6. The van der Waals surface area contributed by atoms with Crippen LogP contribution in [0.5, 0.6) is 17.2 Å². The normalized spacial score (nSPS) is 29.7. The van der Waals surface area contributed by atoms with Gasteiger partial charge in [-0.1, -0.05) is 12.1 Å². The van der Waals surface area contributed by atoms with Crippen molar-refractivity contribution in [1.29, 1.82) is 0 Å². The van der Waals surface area contributed by atoms with Gasteiger partial charge in [0.05, 0.1) is 17.7 Å². The Morgan fingerprint density at radius 3 is 2.30 bits per heavy atom. The van der Waals surface area contributed by atoms with Crippen LogP contribution < -0.4 is 4.74 Å². The van der Waals surface area contributed by atoms with E-state index in [9.17, 15) is 35.4 Å². The molecule has 9 nitrogen and oxygen atoms in total. The fourth-order valence-electron chi connectivity index (χ4n) is 3.66.